The van der Waals surface area contributed by atoms with Crippen LogP contribution in [0.3, 0.4) is 0 Å². The van der Waals surface area contributed by atoms with Gasteiger partial charge < -0.3 is 24.6 Å². The summed E-state index contributed by atoms with van der Waals surface area (Å²) >= 11 is 0. The molecule has 1 aliphatic heterocycles. The first-order valence-corrected chi connectivity index (χ1v) is 9.74. The molecule has 0 aromatic rings. The summed E-state index contributed by atoms with van der Waals surface area (Å²) in [5.41, 5.74) is 0. The van der Waals surface area contributed by atoms with Crippen LogP contribution in [0.5, 0.6) is 0 Å². The van der Waals surface area contributed by atoms with Crippen molar-refractivity contribution in [1.29, 1.82) is 0 Å². The van der Waals surface area contributed by atoms with E-state index in [1.165, 1.54) is 12.8 Å². The number of hydrogen-bond acceptors (Lipinski definition) is 4. The maximum atomic E-state index is 5.70. The fraction of sp³-hybridized carbons (Fsp3) is 0.947. The Balaban J connectivity index is 0.00000625. The summed E-state index contributed by atoms with van der Waals surface area (Å²) < 4.78 is 10.7. The molecular weight excluding hydrogens is 443 g/mol. The number of methoxy groups -OCH3 is 1. The van der Waals surface area contributed by atoms with Crippen molar-refractivity contribution in [3.63, 3.8) is 0 Å². The maximum absolute atomic E-state index is 5.70. The number of ether oxygens (including phenoxy) is 2. The van der Waals surface area contributed by atoms with Gasteiger partial charge in [-0.25, -0.2) is 0 Å². The number of halogens is 1. The lowest BCUT2D eigenvalue weighted by atomic mass is 10.0. The van der Waals surface area contributed by atoms with Crippen LogP contribution in [0, 0.1) is 11.8 Å². The zero-order chi connectivity index (χ0) is 18.7. The molecule has 0 aromatic carbocycles. The molecule has 6 nitrogen and oxygen atoms in total. The van der Waals surface area contributed by atoms with Gasteiger partial charge in [0, 0.05) is 38.7 Å². The van der Waals surface area contributed by atoms with Gasteiger partial charge in [0.25, 0.3) is 0 Å². The third kappa shape index (κ3) is 10.3. The molecule has 1 fully saturated rings. The van der Waals surface area contributed by atoms with E-state index < -0.39 is 0 Å². The molecule has 1 saturated heterocycles. The second kappa shape index (κ2) is 14.9. The zero-order valence-corrected chi connectivity index (χ0v) is 20.0. The number of nitrogens with zero attached hydrogens (tertiary/aromatic N) is 3. The molecule has 0 aliphatic carbocycles. The van der Waals surface area contributed by atoms with Crippen molar-refractivity contribution in [1.82, 2.24) is 15.1 Å². The Morgan fingerprint density at radius 1 is 1.31 bits per heavy atom. The van der Waals surface area contributed by atoms with Crippen LogP contribution < -0.4 is 5.32 Å². The monoisotopic (exact) mass is 484 g/mol. The Morgan fingerprint density at radius 3 is 2.62 bits per heavy atom. The molecule has 156 valence electrons. The quantitative estimate of drug-likeness (QED) is 0.212. The number of hydrogen-bond donors (Lipinski definition) is 1. The Kier molecular flexibility index (Phi) is 14.8. The first kappa shape index (κ1) is 25.9. The molecule has 1 heterocycles. The van der Waals surface area contributed by atoms with Crippen LogP contribution in [-0.4, -0.2) is 89.0 Å². The lowest BCUT2D eigenvalue weighted by Crippen LogP contribution is -2.41. The third-order valence-electron chi connectivity index (χ3n) is 4.63. The van der Waals surface area contributed by atoms with Gasteiger partial charge in [-0.05, 0) is 39.8 Å². The van der Waals surface area contributed by atoms with Crippen molar-refractivity contribution < 1.29 is 9.47 Å². The van der Waals surface area contributed by atoms with E-state index in [0.29, 0.717) is 31.1 Å². The van der Waals surface area contributed by atoms with E-state index in [4.69, 9.17) is 14.5 Å². The first-order valence-electron chi connectivity index (χ1n) is 9.74. The van der Waals surface area contributed by atoms with E-state index in [1.807, 2.05) is 0 Å². The summed E-state index contributed by atoms with van der Waals surface area (Å²) in [7, 11) is 6.01. The van der Waals surface area contributed by atoms with Gasteiger partial charge in [-0.15, -0.1) is 24.0 Å². The van der Waals surface area contributed by atoms with E-state index in [1.54, 1.807) is 7.11 Å². The Hall–Kier alpha value is -0.120. The third-order valence-corrected chi connectivity index (χ3v) is 4.63. The summed E-state index contributed by atoms with van der Waals surface area (Å²) in [6.07, 6.45) is 2.34. The van der Waals surface area contributed by atoms with Crippen molar-refractivity contribution in [3.8, 4) is 0 Å². The van der Waals surface area contributed by atoms with E-state index in [2.05, 4.69) is 50.0 Å². The van der Waals surface area contributed by atoms with Gasteiger partial charge in [0.1, 0.15) is 0 Å². The Bertz CT molecular complexity index is 381. The highest BCUT2D eigenvalue weighted by Gasteiger charge is 2.25. The summed E-state index contributed by atoms with van der Waals surface area (Å²) in [6, 6.07) is 0.490. The van der Waals surface area contributed by atoms with E-state index in [9.17, 15) is 0 Å². The molecule has 2 unspecified atom stereocenters. The van der Waals surface area contributed by atoms with Crippen LogP contribution in [0.4, 0.5) is 0 Å². The predicted molar refractivity (Wildman–Crippen MR) is 121 cm³/mol. The standard InChI is InChI=1S/C19H40N4O2.HI/c1-7-20-19(21-13-18(22(4)5)12-16(2)3)23-9-8-17(14-23)15-25-11-10-24-6;/h16-18H,7-15H2,1-6H3,(H,20,21);1H. The SMILES string of the molecule is CCNC(=NCC(CC(C)C)N(C)C)N1CCC(COCCOC)C1.I. The van der Waals surface area contributed by atoms with Gasteiger partial charge >= 0.3 is 0 Å². The van der Waals surface area contributed by atoms with E-state index in [-0.39, 0.29) is 24.0 Å². The summed E-state index contributed by atoms with van der Waals surface area (Å²) in [5, 5.41) is 3.47. The molecule has 0 spiro atoms. The van der Waals surface area contributed by atoms with E-state index in [0.717, 1.165) is 38.7 Å². The Morgan fingerprint density at radius 2 is 2.04 bits per heavy atom. The van der Waals surface area contributed by atoms with Crippen LogP contribution in [0.15, 0.2) is 4.99 Å². The molecule has 26 heavy (non-hydrogen) atoms. The van der Waals surface area contributed by atoms with Crippen molar-refractivity contribution in [3.05, 3.63) is 0 Å². The summed E-state index contributed by atoms with van der Waals surface area (Å²) in [5.74, 6) is 2.32. The largest absolute Gasteiger partial charge is 0.382 e. The van der Waals surface area contributed by atoms with Gasteiger partial charge in [-0.2, -0.15) is 0 Å². The topological polar surface area (TPSA) is 49.3 Å². The number of aliphatic imine (C=N–C) groups is 1. The molecule has 1 aliphatic rings. The average molecular weight is 484 g/mol. The van der Waals surface area contributed by atoms with Gasteiger partial charge in [0.2, 0.25) is 0 Å². The number of likely N-dealkylation sites (N-methyl/N-ethyl adjacent to an activating group) is 1. The van der Waals surface area contributed by atoms with Crippen LogP contribution in [0.1, 0.15) is 33.6 Å². The second-order valence-electron chi connectivity index (χ2n) is 7.61. The lowest BCUT2D eigenvalue weighted by molar-refractivity contribution is 0.0536. The summed E-state index contributed by atoms with van der Waals surface area (Å²) in [4.78, 5) is 9.62. The Labute approximate surface area is 178 Å². The number of nitrogens with one attached hydrogen (secondary N) is 1. The van der Waals surface area contributed by atoms with Crippen molar-refractivity contribution in [2.24, 2.45) is 16.8 Å². The molecule has 0 saturated carbocycles. The molecule has 0 bridgehead atoms. The van der Waals surface area contributed by atoms with Gasteiger partial charge in [-0.1, -0.05) is 13.8 Å². The molecule has 7 heteroatoms. The van der Waals surface area contributed by atoms with Crippen LogP contribution >= 0.6 is 24.0 Å². The zero-order valence-electron chi connectivity index (χ0n) is 17.7. The molecular formula is C19H41IN4O2. The summed E-state index contributed by atoms with van der Waals surface area (Å²) in [6.45, 7) is 12.7. The number of rotatable bonds is 11. The minimum absolute atomic E-state index is 0. The smallest absolute Gasteiger partial charge is 0.193 e. The normalized spacial score (nSPS) is 19.2. The lowest BCUT2D eigenvalue weighted by Gasteiger charge is -2.26. The highest BCUT2D eigenvalue weighted by molar-refractivity contribution is 14.0. The molecule has 2 atom stereocenters. The average Bonchev–Trinajstić information content (AvgIpc) is 3.02. The maximum Gasteiger partial charge on any atom is 0.193 e. The van der Waals surface area contributed by atoms with Crippen LogP contribution in [0.25, 0.3) is 0 Å². The second-order valence-corrected chi connectivity index (χ2v) is 7.61. The van der Waals surface area contributed by atoms with Gasteiger partial charge in [0.15, 0.2) is 5.96 Å². The molecule has 0 radical (unpaired) electrons. The van der Waals surface area contributed by atoms with Crippen LogP contribution in [0.2, 0.25) is 0 Å². The fourth-order valence-corrected chi connectivity index (χ4v) is 3.16. The van der Waals surface area contributed by atoms with Gasteiger partial charge in [-0.3, -0.25) is 4.99 Å². The highest BCUT2D eigenvalue weighted by Crippen LogP contribution is 2.17. The van der Waals surface area contributed by atoms with Crippen molar-refractivity contribution in [2.45, 2.75) is 39.7 Å². The van der Waals surface area contributed by atoms with Crippen molar-refractivity contribution >= 4 is 29.9 Å². The van der Waals surface area contributed by atoms with Gasteiger partial charge in [0.05, 0.1) is 26.4 Å². The van der Waals surface area contributed by atoms with Crippen LogP contribution in [-0.2, 0) is 9.47 Å². The predicted octanol–water partition coefficient (Wildman–Crippen LogP) is 2.53. The number of likely N-dealkylation sites (tertiary alicyclic amines) is 1. The fourth-order valence-electron chi connectivity index (χ4n) is 3.16. The molecule has 0 aromatic heterocycles. The highest BCUT2D eigenvalue weighted by atomic mass is 127. The van der Waals surface area contributed by atoms with Crippen molar-refractivity contribution in [2.75, 3.05) is 67.2 Å². The molecule has 1 N–H and O–H groups in total. The molecule has 1 rings (SSSR count). The molecule has 0 amide bonds. The minimum atomic E-state index is 0. The van der Waals surface area contributed by atoms with E-state index >= 15 is 0 Å². The first-order chi connectivity index (χ1) is 12.0. The number of guanidine groups is 1. The minimum Gasteiger partial charge on any atom is -0.382 e.